The van der Waals surface area contributed by atoms with Crippen molar-refractivity contribution < 1.29 is 8.78 Å². The Morgan fingerprint density at radius 1 is 0.913 bits per heavy atom. The Morgan fingerprint density at radius 2 is 1.65 bits per heavy atom. The van der Waals surface area contributed by atoms with Gasteiger partial charge in [0.05, 0.1) is 10.5 Å². The topological polar surface area (TPSA) is 77.6 Å². The zero-order valence-corrected chi connectivity index (χ0v) is 42.5. The quantitative estimate of drug-likeness (QED) is 0.0903. The summed E-state index contributed by atoms with van der Waals surface area (Å²) in [7, 11) is 4.11. The van der Waals surface area contributed by atoms with Gasteiger partial charge in [-0.3, -0.25) is 4.68 Å². The van der Waals surface area contributed by atoms with Crippen molar-refractivity contribution in [1.82, 2.24) is 30.2 Å². The van der Waals surface area contributed by atoms with Crippen LogP contribution in [0.1, 0.15) is 111 Å². The third-order valence-electron chi connectivity index (χ3n) is 15.5. The molecule has 0 spiro atoms. The van der Waals surface area contributed by atoms with Crippen LogP contribution in [0.25, 0.3) is 27.7 Å². The molecule has 3 aliphatic heterocycles. The summed E-state index contributed by atoms with van der Waals surface area (Å²) >= 11 is 6.52. The lowest BCUT2D eigenvalue weighted by atomic mass is 9.79. The van der Waals surface area contributed by atoms with Gasteiger partial charge in [0.15, 0.2) is 5.82 Å². The van der Waals surface area contributed by atoms with Crippen molar-refractivity contribution >= 4 is 34.0 Å². The number of benzene rings is 4. The van der Waals surface area contributed by atoms with Gasteiger partial charge in [-0.2, -0.15) is 5.10 Å². The van der Waals surface area contributed by atoms with Crippen molar-refractivity contribution in [2.45, 2.75) is 102 Å². The largest absolute Gasteiger partial charge is 0.399 e. The first-order valence-corrected chi connectivity index (χ1v) is 25.9. The Kier molecular flexibility index (Phi) is 16.4. The second-order valence-corrected chi connectivity index (χ2v) is 20.9. The summed E-state index contributed by atoms with van der Waals surface area (Å²) in [5.74, 6) is 2.45. The van der Waals surface area contributed by atoms with E-state index in [1.54, 1.807) is 12.1 Å². The van der Waals surface area contributed by atoms with Crippen LogP contribution in [0.3, 0.4) is 0 Å². The molecule has 4 N–H and O–H groups in total. The molecule has 4 aromatic carbocycles. The first-order valence-electron chi connectivity index (χ1n) is 25.6. The van der Waals surface area contributed by atoms with Crippen LogP contribution < -0.4 is 21.3 Å². The maximum atomic E-state index is 15.8. The smallest absolute Gasteiger partial charge is 0.164 e. The highest BCUT2D eigenvalue weighted by Gasteiger charge is 2.39. The molecule has 1 aliphatic carbocycles. The van der Waals surface area contributed by atoms with E-state index in [4.69, 9.17) is 22.4 Å². The summed E-state index contributed by atoms with van der Waals surface area (Å²) in [6, 6.07) is 22.2. The molecule has 5 aromatic rings. The van der Waals surface area contributed by atoms with Crippen LogP contribution in [0.4, 0.5) is 14.6 Å². The number of fused-ring (bicyclic) bond motifs is 2. The van der Waals surface area contributed by atoms with Gasteiger partial charge in [0.25, 0.3) is 0 Å². The van der Waals surface area contributed by atoms with E-state index in [-0.39, 0.29) is 21.7 Å². The number of rotatable bonds is 15. The Labute approximate surface area is 415 Å². The second-order valence-electron chi connectivity index (χ2n) is 20.5. The minimum atomic E-state index is -0.540. The van der Waals surface area contributed by atoms with E-state index in [1.807, 2.05) is 36.9 Å². The molecule has 3 saturated heterocycles. The molecule has 69 heavy (non-hydrogen) atoms. The lowest BCUT2D eigenvalue weighted by Gasteiger charge is -2.38. The first kappa shape index (κ1) is 50.4. The Hall–Kier alpha value is -5.00. The van der Waals surface area contributed by atoms with E-state index in [9.17, 15) is 4.39 Å². The minimum Gasteiger partial charge on any atom is -0.399 e. The first-order chi connectivity index (χ1) is 33.3. The SMILES string of the molecule is C=C(N)c1ccc(CCC)c(F)c1-c1c(Cl)c(F)cc2c1CC(C)(c1ccccc1)C2.C=C1CCN(c2nn(C)c3cc(C4CCN(CC5CCN(CCCCCNC)CC5)CC4)ccc23)C(=C)N1. The van der Waals surface area contributed by atoms with Crippen LogP contribution in [-0.4, -0.2) is 79.0 Å². The van der Waals surface area contributed by atoms with Crippen molar-refractivity contribution in [3.63, 3.8) is 0 Å². The van der Waals surface area contributed by atoms with Gasteiger partial charge >= 0.3 is 0 Å². The predicted octanol–water partition coefficient (Wildman–Crippen LogP) is 11.9. The number of hydrogen-bond acceptors (Lipinski definition) is 7. The van der Waals surface area contributed by atoms with E-state index in [0.29, 0.717) is 41.9 Å². The van der Waals surface area contributed by atoms with Gasteiger partial charge in [0.2, 0.25) is 0 Å². The molecule has 3 fully saturated rings. The highest BCUT2D eigenvalue weighted by atomic mass is 35.5. The number of hydrogen-bond donors (Lipinski definition) is 3. The third-order valence-corrected chi connectivity index (χ3v) is 15.8. The Bertz CT molecular complexity index is 2630. The van der Waals surface area contributed by atoms with Gasteiger partial charge in [-0.25, -0.2) is 8.78 Å². The van der Waals surface area contributed by atoms with Gasteiger partial charge in [-0.05, 0) is 162 Å². The number of unbranched alkanes of at least 4 members (excludes halogenated alkanes) is 2. The van der Waals surface area contributed by atoms with Crippen LogP contribution in [0.2, 0.25) is 5.02 Å². The highest BCUT2D eigenvalue weighted by Crippen LogP contribution is 2.49. The number of aryl methyl sites for hydroxylation is 2. The number of aromatic nitrogens is 2. The minimum absolute atomic E-state index is 0.0638. The summed E-state index contributed by atoms with van der Waals surface area (Å²) in [6.07, 6.45) is 12.9. The van der Waals surface area contributed by atoms with Gasteiger partial charge in [-0.1, -0.05) is 107 Å². The van der Waals surface area contributed by atoms with Crippen LogP contribution in [-0.2, 0) is 31.7 Å². The molecular formula is C58H75ClF2N8. The fraction of sp³-hybridized carbons (Fsp3) is 0.466. The molecule has 1 unspecified atom stereocenters. The van der Waals surface area contributed by atoms with Gasteiger partial charge in [0, 0.05) is 65.4 Å². The zero-order valence-electron chi connectivity index (χ0n) is 41.7. The molecule has 368 valence electrons. The molecule has 1 aromatic heterocycles. The molecule has 8 nitrogen and oxygen atoms in total. The molecule has 0 saturated carbocycles. The summed E-state index contributed by atoms with van der Waals surface area (Å²) in [4.78, 5) is 7.64. The average molecular weight is 958 g/mol. The molecule has 4 heterocycles. The predicted molar refractivity (Wildman–Crippen MR) is 285 cm³/mol. The van der Waals surface area contributed by atoms with Crippen molar-refractivity contribution in [2.24, 2.45) is 18.7 Å². The van der Waals surface area contributed by atoms with Crippen molar-refractivity contribution in [1.29, 1.82) is 0 Å². The molecule has 0 bridgehead atoms. The van der Waals surface area contributed by atoms with E-state index in [1.165, 1.54) is 107 Å². The maximum Gasteiger partial charge on any atom is 0.164 e. The number of anilines is 1. The average Bonchev–Trinajstić information content (AvgIpc) is 3.86. The van der Waals surface area contributed by atoms with E-state index in [2.05, 4.69) is 89.4 Å². The summed E-state index contributed by atoms with van der Waals surface area (Å²) in [5.41, 5.74) is 14.3. The third kappa shape index (κ3) is 11.3. The van der Waals surface area contributed by atoms with Crippen LogP contribution in [0.5, 0.6) is 0 Å². The number of halogens is 3. The van der Waals surface area contributed by atoms with Gasteiger partial charge in [0.1, 0.15) is 17.5 Å². The van der Waals surface area contributed by atoms with E-state index in [0.717, 1.165) is 65.9 Å². The summed E-state index contributed by atoms with van der Waals surface area (Å²) in [5, 5.41) is 12.6. The van der Waals surface area contributed by atoms with E-state index < -0.39 is 11.6 Å². The highest BCUT2D eigenvalue weighted by molar-refractivity contribution is 6.34. The molecule has 0 amide bonds. The number of piperidine rings is 2. The zero-order chi connectivity index (χ0) is 48.8. The fourth-order valence-corrected chi connectivity index (χ4v) is 11.8. The number of likely N-dealkylation sites (tertiary alicyclic amines) is 2. The standard InChI is InChI=1S/C31H49N7.C27H26ClF2N/c1-24-10-21-38(25(2)33-24)31-29-9-8-28(22-30(29)35(4)34-31)27-13-19-37(20-14-27)23-26-11-17-36(18-12-26)16-7-5-6-15-32-3;1-4-8-17-11-12-20(16(2)31)24(26(17)30)23-21-15-27(3,19-9-6-5-7-10-19)14-18(21)13-22(29)25(23)28/h8-9,22,26-27,32-33H,1-2,5-7,10-21,23H2,3-4H3;5-7,9-13H,2,4,8,14-15,31H2,1,3H3. The maximum absolute atomic E-state index is 15.8. The molecule has 0 radical (unpaired) electrons. The van der Waals surface area contributed by atoms with E-state index >= 15 is 4.39 Å². The summed E-state index contributed by atoms with van der Waals surface area (Å²) < 4.78 is 32.8. The number of nitrogens with one attached hydrogen (secondary N) is 2. The second kappa shape index (κ2) is 22.4. The van der Waals surface area contributed by atoms with Crippen LogP contribution in [0.15, 0.2) is 98.0 Å². The van der Waals surface area contributed by atoms with Crippen molar-refractivity contribution in [2.75, 3.05) is 64.3 Å². The number of nitrogens with zero attached hydrogens (tertiary/aromatic N) is 5. The molecule has 9 rings (SSSR count). The van der Waals surface area contributed by atoms with Crippen molar-refractivity contribution in [3.05, 3.63) is 148 Å². The van der Waals surface area contributed by atoms with Crippen LogP contribution >= 0.6 is 11.6 Å². The Balaban J connectivity index is 0.000000190. The van der Waals surface area contributed by atoms with Gasteiger partial charge in [-0.15, -0.1) is 0 Å². The lowest BCUT2D eigenvalue weighted by Crippen LogP contribution is -2.41. The van der Waals surface area contributed by atoms with Gasteiger partial charge < -0.3 is 31.1 Å². The number of nitrogens with two attached hydrogens (primary N) is 1. The monoisotopic (exact) mass is 957 g/mol. The molecular weight excluding hydrogens is 882 g/mol. The van der Waals surface area contributed by atoms with Crippen LogP contribution in [0, 0.1) is 17.6 Å². The molecule has 11 heteroatoms. The van der Waals surface area contributed by atoms with Crippen molar-refractivity contribution in [3.8, 4) is 11.1 Å². The molecule has 1 atom stereocenters. The summed E-state index contributed by atoms with van der Waals surface area (Å²) in [6.45, 7) is 25.9. The lowest BCUT2D eigenvalue weighted by molar-refractivity contribution is 0.126. The Morgan fingerprint density at radius 3 is 2.35 bits per heavy atom. The molecule has 4 aliphatic rings. The normalized spacial score (nSPS) is 19.4. The fourth-order valence-electron chi connectivity index (χ4n) is 11.5.